The molecule has 1 aliphatic carbocycles. The van der Waals surface area contributed by atoms with Gasteiger partial charge in [0.05, 0.1) is 12.6 Å². The predicted octanol–water partition coefficient (Wildman–Crippen LogP) is 4.20. The Labute approximate surface area is 206 Å². The second-order valence-electron chi connectivity index (χ2n) is 8.54. The molecular weight excluding hydrogens is 485 g/mol. The number of piperidine rings is 1. The van der Waals surface area contributed by atoms with Crippen LogP contribution in [0.4, 0.5) is 25.1 Å². The maximum atomic E-state index is 14.0. The van der Waals surface area contributed by atoms with Crippen LogP contribution in [-0.2, 0) is 4.74 Å². The fourth-order valence-electron chi connectivity index (χ4n) is 4.32. The van der Waals surface area contributed by atoms with E-state index in [9.17, 15) is 13.2 Å². The van der Waals surface area contributed by atoms with Crippen LogP contribution in [0.25, 0.3) is 5.57 Å². The summed E-state index contributed by atoms with van der Waals surface area (Å²) in [5.41, 5.74) is 5.10. The average Bonchev–Trinajstić information content (AvgIpc) is 3.23. The molecule has 0 amide bonds. The van der Waals surface area contributed by atoms with Gasteiger partial charge in [-0.25, -0.2) is 5.10 Å². The van der Waals surface area contributed by atoms with E-state index in [0.717, 1.165) is 32.5 Å². The minimum atomic E-state index is -4.56. The van der Waals surface area contributed by atoms with Gasteiger partial charge in [0.2, 0.25) is 11.9 Å². The molecule has 2 aliphatic rings. The number of hydrogen-bond donors (Lipinski definition) is 3. The SMILES string of the molecule is COCCN1CCC(Oc2ccc(C3=C(C(F)(F)F)CC(Nc4n[nH]c(N)n4)C=C3Cl)cc2)CC1. The Balaban J connectivity index is 1.45. The number of nitrogens with zero attached hydrogens (tertiary/aromatic N) is 3. The van der Waals surface area contributed by atoms with Gasteiger partial charge in [-0.3, -0.25) is 0 Å². The van der Waals surface area contributed by atoms with Crippen molar-refractivity contribution in [2.75, 3.05) is 44.4 Å². The van der Waals surface area contributed by atoms with Gasteiger partial charge in [-0.05, 0) is 36.6 Å². The third kappa shape index (κ3) is 6.47. The van der Waals surface area contributed by atoms with Crippen molar-refractivity contribution in [2.24, 2.45) is 0 Å². The van der Waals surface area contributed by atoms with Crippen molar-refractivity contribution >= 4 is 29.1 Å². The summed E-state index contributed by atoms with van der Waals surface area (Å²) in [6.07, 6.45) is -1.53. The molecule has 1 aromatic carbocycles. The molecule has 190 valence electrons. The largest absolute Gasteiger partial charge is 0.490 e. The first kappa shape index (κ1) is 25.3. The molecule has 0 saturated carbocycles. The molecule has 0 bridgehead atoms. The number of ether oxygens (including phenoxy) is 2. The standard InChI is InChI=1S/C23H28ClF3N6O2/c1-34-11-10-33-8-6-17(7-9-33)35-16-4-2-14(3-5-16)20-18(23(25,26)27)12-15(13-19(20)24)29-22-30-21(28)31-32-22/h2-5,13,15,17H,6-12H2,1H3,(H4,28,29,30,31,32). The molecule has 0 spiro atoms. The molecule has 2 aromatic rings. The summed E-state index contributed by atoms with van der Waals surface area (Å²) >= 11 is 6.37. The summed E-state index contributed by atoms with van der Waals surface area (Å²) in [4.78, 5) is 6.20. The number of hydrogen-bond acceptors (Lipinski definition) is 7. The number of alkyl halides is 3. The number of methoxy groups -OCH3 is 1. The van der Waals surface area contributed by atoms with Crippen LogP contribution in [-0.4, -0.2) is 71.8 Å². The van der Waals surface area contributed by atoms with Crippen LogP contribution in [0.1, 0.15) is 24.8 Å². The number of halogens is 4. The van der Waals surface area contributed by atoms with E-state index in [4.69, 9.17) is 26.8 Å². The minimum Gasteiger partial charge on any atom is -0.490 e. The zero-order chi connectivity index (χ0) is 25.0. The molecule has 1 fully saturated rings. The van der Waals surface area contributed by atoms with Gasteiger partial charge in [-0.15, -0.1) is 5.10 Å². The van der Waals surface area contributed by atoms with Gasteiger partial charge in [-0.1, -0.05) is 23.7 Å². The Morgan fingerprint density at radius 1 is 1.23 bits per heavy atom. The minimum absolute atomic E-state index is 0.00156. The van der Waals surface area contributed by atoms with Crippen molar-refractivity contribution in [1.82, 2.24) is 20.1 Å². The summed E-state index contributed by atoms with van der Waals surface area (Å²) in [7, 11) is 1.69. The Hall–Kier alpha value is -2.76. The lowest BCUT2D eigenvalue weighted by atomic mass is 9.89. The molecule has 1 unspecified atom stereocenters. The Bertz CT molecular complexity index is 1060. The van der Waals surface area contributed by atoms with Crippen molar-refractivity contribution < 1.29 is 22.6 Å². The van der Waals surface area contributed by atoms with Crippen LogP contribution < -0.4 is 15.8 Å². The highest BCUT2D eigenvalue weighted by atomic mass is 35.5. The lowest BCUT2D eigenvalue weighted by Crippen LogP contribution is -2.39. The maximum absolute atomic E-state index is 14.0. The van der Waals surface area contributed by atoms with Crippen molar-refractivity contribution in [2.45, 2.75) is 37.6 Å². The fraction of sp³-hybridized carbons (Fsp3) is 0.478. The number of likely N-dealkylation sites (tertiary alicyclic amines) is 1. The molecular formula is C23H28ClF3N6O2. The van der Waals surface area contributed by atoms with Gasteiger partial charge in [0, 0.05) is 49.3 Å². The van der Waals surface area contributed by atoms with Crippen LogP contribution in [0.15, 0.2) is 40.9 Å². The number of rotatable bonds is 8. The van der Waals surface area contributed by atoms with Crippen molar-refractivity contribution in [3.05, 3.63) is 46.5 Å². The van der Waals surface area contributed by atoms with E-state index >= 15 is 0 Å². The zero-order valence-electron chi connectivity index (χ0n) is 19.2. The number of aromatic amines is 1. The van der Waals surface area contributed by atoms with Crippen molar-refractivity contribution in [1.29, 1.82) is 0 Å². The van der Waals surface area contributed by atoms with Crippen LogP contribution in [0.2, 0.25) is 0 Å². The summed E-state index contributed by atoms with van der Waals surface area (Å²) < 4.78 is 53.2. The molecule has 1 atom stereocenters. The third-order valence-electron chi connectivity index (χ3n) is 6.06. The first-order valence-electron chi connectivity index (χ1n) is 11.3. The number of benzene rings is 1. The van der Waals surface area contributed by atoms with Gasteiger partial charge < -0.3 is 25.4 Å². The summed E-state index contributed by atoms with van der Waals surface area (Å²) in [6.45, 7) is 3.43. The average molecular weight is 513 g/mol. The molecule has 4 N–H and O–H groups in total. The number of nitrogens with one attached hydrogen (secondary N) is 2. The Morgan fingerprint density at radius 3 is 2.54 bits per heavy atom. The van der Waals surface area contributed by atoms with E-state index in [1.54, 1.807) is 31.4 Å². The van der Waals surface area contributed by atoms with Gasteiger partial charge in [0.25, 0.3) is 0 Å². The second kappa shape index (κ2) is 10.9. The molecule has 1 aromatic heterocycles. The van der Waals surface area contributed by atoms with Crippen LogP contribution in [0, 0.1) is 0 Å². The molecule has 8 nitrogen and oxygen atoms in total. The molecule has 1 saturated heterocycles. The highest BCUT2D eigenvalue weighted by molar-refractivity contribution is 6.37. The Kier molecular flexibility index (Phi) is 7.88. The molecule has 0 radical (unpaired) electrons. The van der Waals surface area contributed by atoms with E-state index in [-0.39, 0.29) is 35.0 Å². The number of nitrogen functional groups attached to an aromatic ring is 1. The van der Waals surface area contributed by atoms with Crippen LogP contribution in [0.5, 0.6) is 5.75 Å². The monoisotopic (exact) mass is 512 g/mol. The smallest absolute Gasteiger partial charge is 0.413 e. The van der Waals surface area contributed by atoms with Crippen molar-refractivity contribution in [3.63, 3.8) is 0 Å². The number of aromatic nitrogens is 3. The van der Waals surface area contributed by atoms with Crippen LogP contribution >= 0.6 is 11.6 Å². The number of anilines is 2. The van der Waals surface area contributed by atoms with E-state index < -0.39 is 17.8 Å². The van der Waals surface area contributed by atoms with E-state index in [0.29, 0.717) is 17.9 Å². The first-order valence-corrected chi connectivity index (χ1v) is 11.7. The lowest BCUT2D eigenvalue weighted by molar-refractivity contribution is -0.0936. The first-order chi connectivity index (χ1) is 16.7. The summed E-state index contributed by atoms with van der Waals surface area (Å²) in [5.74, 6) is 0.782. The lowest BCUT2D eigenvalue weighted by Gasteiger charge is -2.32. The quantitative estimate of drug-likeness (QED) is 0.487. The van der Waals surface area contributed by atoms with E-state index in [1.165, 1.54) is 6.08 Å². The highest BCUT2D eigenvalue weighted by Gasteiger charge is 2.40. The number of allylic oxidation sites excluding steroid dienone is 2. The molecule has 35 heavy (non-hydrogen) atoms. The maximum Gasteiger partial charge on any atom is 0.413 e. The molecule has 12 heteroatoms. The topological polar surface area (TPSA) is 101 Å². The Morgan fingerprint density at radius 2 is 1.94 bits per heavy atom. The van der Waals surface area contributed by atoms with Crippen LogP contribution in [0.3, 0.4) is 0 Å². The predicted molar refractivity (Wildman–Crippen MR) is 128 cm³/mol. The fourth-order valence-corrected chi connectivity index (χ4v) is 4.69. The normalized spacial score (nSPS) is 20.1. The zero-order valence-corrected chi connectivity index (χ0v) is 20.0. The molecule has 1 aliphatic heterocycles. The van der Waals surface area contributed by atoms with Gasteiger partial charge >= 0.3 is 6.18 Å². The van der Waals surface area contributed by atoms with E-state index in [1.807, 2.05) is 0 Å². The number of H-pyrrole nitrogens is 1. The van der Waals surface area contributed by atoms with E-state index in [2.05, 4.69) is 25.4 Å². The highest BCUT2D eigenvalue weighted by Crippen LogP contribution is 2.44. The van der Waals surface area contributed by atoms with Gasteiger partial charge in [-0.2, -0.15) is 18.2 Å². The summed E-state index contributed by atoms with van der Waals surface area (Å²) in [5, 5.41) is 9.06. The van der Waals surface area contributed by atoms with Crippen molar-refractivity contribution in [3.8, 4) is 5.75 Å². The third-order valence-corrected chi connectivity index (χ3v) is 6.38. The molecule has 4 rings (SSSR count). The van der Waals surface area contributed by atoms with Gasteiger partial charge in [0.15, 0.2) is 0 Å². The van der Waals surface area contributed by atoms with Gasteiger partial charge in [0.1, 0.15) is 11.9 Å². The number of nitrogens with two attached hydrogens (primary N) is 1. The second-order valence-corrected chi connectivity index (χ2v) is 8.95. The summed E-state index contributed by atoms with van der Waals surface area (Å²) in [6, 6.07) is 5.88. The molecule has 2 heterocycles.